The van der Waals surface area contributed by atoms with Crippen LogP contribution in [-0.4, -0.2) is 0 Å². The van der Waals surface area contributed by atoms with Crippen molar-refractivity contribution in [2.75, 3.05) is 0 Å². The van der Waals surface area contributed by atoms with Gasteiger partial charge < -0.3 is 0 Å². The molecular weight excluding hydrogens is 144 g/mol. The number of hydrogen-bond acceptors (Lipinski definition) is 0. The van der Waals surface area contributed by atoms with Crippen molar-refractivity contribution in [1.82, 2.24) is 0 Å². The molecule has 0 aromatic rings. The lowest BCUT2D eigenvalue weighted by molar-refractivity contribution is 0.305. The summed E-state index contributed by atoms with van der Waals surface area (Å²) in [5, 5.41) is 0. The first kappa shape index (κ1) is 12.0. The zero-order chi connectivity index (χ0) is 9.56. The van der Waals surface area contributed by atoms with E-state index in [1.807, 2.05) is 0 Å². The standard InChI is InChI=1S/C12H25/c1-6-9-11(7-2)12(8-3)10(4)5/h11-12H,6-9H2,1-5H3. The predicted molar refractivity (Wildman–Crippen MR) is 57.1 cm³/mol. The largest absolute Gasteiger partial charge is 0.0654 e. The lowest BCUT2D eigenvalue weighted by Crippen LogP contribution is -2.17. The molecular formula is C12H25. The van der Waals surface area contributed by atoms with Gasteiger partial charge in [0, 0.05) is 0 Å². The molecule has 0 N–H and O–H groups in total. The van der Waals surface area contributed by atoms with Crippen LogP contribution in [0.1, 0.15) is 60.3 Å². The van der Waals surface area contributed by atoms with E-state index in [1.165, 1.54) is 25.7 Å². The third-order valence-corrected chi connectivity index (χ3v) is 2.93. The highest BCUT2D eigenvalue weighted by Crippen LogP contribution is 2.31. The molecule has 0 heterocycles. The fourth-order valence-corrected chi connectivity index (χ4v) is 2.27. The molecule has 0 fully saturated rings. The van der Waals surface area contributed by atoms with Crippen molar-refractivity contribution in [3.63, 3.8) is 0 Å². The Labute approximate surface area is 78.8 Å². The van der Waals surface area contributed by atoms with Crippen molar-refractivity contribution in [2.45, 2.75) is 60.3 Å². The Bertz CT molecular complexity index is 94.2. The Morgan fingerprint density at radius 2 is 1.58 bits per heavy atom. The van der Waals surface area contributed by atoms with Gasteiger partial charge in [0.15, 0.2) is 0 Å². The minimum atomic E-state index is 0.870. The molecule has 1 radical (unpaired) electrons. The first-order valence-electron chi connectivity index (χ1n) is 5.47. The van der Waals surface area contributed by atoms with Crippen molar-refractivity contribution in [3.8, 4) is 0 Å². The highest BCUT2D eigenvalue weighted by Gasteiger charge is 2.20. The monoisotopic (exact) mass is 169 g/mol. The van der Waals surface area contributed by atoms with E-state index >= 15 is 0 Å². The summed E-state index contributed by atoms with van der Waals surface area (Å²) in [6, 6.07) is 0. The topological polar surface area (TPSA) is 0 Å². The van der Waals surface area contributed by atoms with Crippen LogP contribution in [0.5, 0.6) is 0 Å². The molecule has 0 aliphatic heterocycles. The van der Waals surface area contributed by atoms with Gasteiger partial charge in [0.25, 0.3) is 0 Å². The molecule has 12 heavy (non-hydrogen) atoms. The fourth-order valence-electron chi connectivity index (χ4n) is 2.27. The zero-order valence-electron chi connectivity index (χ0n) is 9.48. The maximum atomic E-state index is 2.33. The molecule has 0 saturated carbocycles. The van der Waals surface area contributed by atoms with Crippen LogP contribution >= 0.6 is 0 Å². The van der Waals surface area contributed by atoms with E-state index in [9.17, 15) is 0 Å². The lowest BCUT2D eigenvalue weighted by atomic mass is 9.78. The van der Waals surface area contributed by atoms with Crippen molar-refractivity contribution in [2.24, 2.45) is 11.8 Å². The van der Waals surface area contributed by atoms with Gasteiger partial charge in [0.2, 0.25) is 0 Å². The van der Waals surface area contributed by atoms with Gasteiger partial charge in [-0.15, -0.1) is 0 Å². The Kier molecular flexibility index (Phi) is 6.51. The lowest BCUT2D eigenvalue weighted by Gasteiger charge is -2.27. The SMILES string of the molecule is CCCC(CC)C(CC)[C](C)C. The van der Waals surface area contributed by atoms with Crippen molar-refractivity contribution in [3.05, 3.63) is 5.92 Å². The van der Waals surface area contributed by atoms with E-state index in [-0.39, 0.29) is 0 Å². The molecule has 0 saturated heterocycles. The summed E-state index contributed by atoms with van der Waals surface area (Å²) in [6.07, 6.45) is 5.40. The maximum absolute atomic E-state index is 2.33. The quantitative estimate of drug-likeness (QED) is 0.551. The Morgan fingerprint density at radius 1 is 1.00 bits per heavy atom. The van der Waals surface area contributed by atoms with E-state index in [2.05, 4.69) is 34.6 Å². The van der Waals surface area contributed by atoms with Crippen LogP contribution in [-0.2, 0) is 0 Å². The van der Waals surface area contributed by atoms with Crippen molar-refractivity contribution in [1.29, 1.82) is 0 Å². The van der Waals surface area contributed by atoms with Crippen LogP contribution in [0.15, 0.2) is 0 Å². The highest BCUT2D eigenvalue weighted by molar-refractivity contribution is 4.89. The van der Waals surface area contributed by atoms with E-state index < -0.39 is 0 Å². The van der Waals surface area contributed by atoms with Gasteiger partial charge in [0.05, 0.1) is 0 Å². The minimum absolute atomic E-state index is 0.870. The van der Waals surface area contributed by atoms with Crippen LogP contribution in [0.3, 0.4) is 0 Å². The summed E-state index contributed by atoms with van der Waals surface area (Å²) < 4.78 is 0. The molecule has 73 valence electrons. The van der Waals surface area contributed by atoms with Gasteiger partial charge in [-0.2, -0.15) is 0 Å². The normalized spacial score (nSPS) is 16.5. The summed E-state index contributed by atoms with van der Waals surface area (Å²) in [5.74, 6) is 3.43. The Morgan fingerprint density at radius 3 is 1.83 bits per heavy atom. The molecule has 0 heteroatoms. The van der Waals surface area contributed by atoms with Gasteiger partial charge in [0.1, 0.15) is 0 Å². The van der Waals surface area contributed by atoms with Crippen LogP contribution in [0, 0.1) is 17.8 Å². The number of rotatable bonds is 6. The molecule has 0 aliphatic rings. The van der Waals surface area contributed by atoms with Crippen LogP contribution in [0.25, 0.3) is 0 Å². The smallest absolute Gasteiger partial charge is 0.0269 e. The molecule has 0 spiro atoms. The van der Waals surface area contributed by atoms with Gasteiger partial charge >= 0.3 is 0 Å². The highest BCUT2D eigenvalue weighted by atomic mass is 14.3. The van der Waals surface area contributed by atoms with E-state index in [0.717, 1.165) is 11.8 Å². The van der Waals surface area contributed by atoms with Crippen molar-refractivity contribution < 1.29 is 0 Å². The second kappa shape index (κ2) is 6.51. The third-order valence-electron chi connectivity index (χ3n) is 2.93. The third kappa shape index (κ3) is 3.60. The molecule has 0 nitrogen and oxygen atoms in total. The second-order valence-electron chi connectivity index (χ2n) is 4.05. The zero-order valence-corrected chi connectivity index (χ0v) is 9.48. The van der Waals surface area contributed by atoms with Gasteiger partial charge in [-0.05, 0) is 17.8 Å². The Balaban J connectivity index is 4.02. The average molecular weight is 169 g/mol. The van der Waals surface area contributed by atoms with Gasteiger partial charge in [-0.1, -0.05) is 60.3 Å². The molecule has 0 aromatic heterocycles. The summed E-state index contributed by atoms with van der Waals surface area (Å²) >= 11 is 0. The predicted octanol–water partition coefficient (Wildman–Crippen LogP) is 4.45. The summed E-state index contributed by atoms with van der Waals surface area (Å²) in [5.41, 5.74) is 0. The molecule has 2 atom stereocenters. The minimum Gasteiger partial charge on any atom is -0.0654 e. The van der Waals surface area contributed by atoms with Gasteiger partial charge in [-0.3, -0.25) is 0 Å². The summed E-state index contributed by atoms with van der Waals surface area (Å²) in [7, 11) is 0. The van der Waals surface area contributed by atoms with E-state index in [4.69, 9.17) is 0 Å². The first-order valence-corrected chi connectivity index (χ1v) is 5.47. The van der Waals surface area contributed by atoms with Crippen LogP contribution < -0.4 is 0 Å². The van der Waals surface area contributed by atoms with Crippen LogP contribution in [0.4, 0.5) is 0 Å². The molecule has 0 aliphatic carbocycles. The van der Waals surface area contributed by atoms with E-state index in [0.29, 0.717) is 0 Å². The number of hydrogen-bond donors (Lipinski definition) is 0. The van der Waals surface area contributed by atoms with Gasteiger partial charge in [-0.25, -0.2) is 0 Å². The second-order valence-corrected chi connectivity index (χ2v) is 4.05. The average Bonchev–Trinajstić information content (AvgIpc) is 2.03. The molecule has 0 aromatic carbocycles. The fraction of sp³-hybridized carbons (Fsp3) is 0.917. The molecule has 0 bridgehead atoms. The van der Waals surface area contributed by atoms with Crippen molar-refractivity contribution >= 4 is 0 Å². The first-order chi connectivity index (χ1) is 5.67. The van der Waals surface area contributed by atoms with E-state index in [1.54, 1.807) is 5.92 Å². The maximum Gasteiger partial charge on any atom is -0.0269 e. The summed E-state index contributed by atoms with van der Waals surface area (Å²) in [6.45, 7) is 11.5. The Hall–Kier alpha value is 0. The van der Waals surface area contributed by atoms with Crippen LogP contribution in [0.2, 0.25) is 0 Å². The summed E-state index contributed by atoms with van der Waals surface area (Å²) in [4.78, 5) is 0. The molecule has 2 unspecified atom stereocenters. The molecule has 0 rings (SSSR count). The molecule has 0 amide bonds.